The fourth-order valence-corrected chi connectivity index (χ4v) is 2.79. The number of amides is 1. The number of benzene rings is 2. The lowest BCUT2D eigenvalue weighted by molar-refractivity contribution is -0.116. The maximum atomic E-state index is 12.7. The van der Waals surface area contributed by atoms with Crippen molar-refractivity contribution in [3.8, 4) is 0 Å². The van der Waals surface area contributed by atoms with Crippen LogP contribution in [0.15, 0.2) is 70.8 Å². The first kappa shape index (κ1) is 17.4. The van der Waals surface area contributed by atoms with Crippen molar-refractivity contribution in [2.45, 2.75) is 20.0 Å². The van der Waals surface area contributed by atoms with Crippen LogP contribution in [-0.4, -0.2) is 15.0 Å². The van der Waals surface area contributed by atoms with Gasteiger partial charge in [-0.25, -0.2) is 4.79 Å². The molecule has 0 bridgehead atoms. The van der Waals surface area contributed by atoms with Gasteiger partial charge in [-0.3, -0.25) is 18.7 Å². The van der Waals surface area contributed by atoms with E-state index in [0.29, 0.717) is 16.6 Å². The van der Waals surface area contributed by atoms with Crippen LogP contribution in [0.25, 0.3) is 10.9 Å². The second kappa shape index (κ2) is 7.23. The Labute approximate surface area is 150 Å². The molecule has 3 aromatic rings. The van der Waals surface area contributed by atoms with E-state index in [0.717, 1.165) is 10.1 Å². The van der Waals surface area contributed by atoms with E-state index >= 15 is 0 Å². The predicted molar refractivity (Wildman–Crippen MR) is 102 cm³/mol. The largest absolute Gasteiger partial charge is 0.332 e. The molecule has 0 atom stereocenters. The summed E-state index contributed by atoms with van der Waals surface area (Å²) >= 11 is 0. The Hall–Kier alpha value is -3.41. The van der Waals surface area contributed by atoms with E-state index in [1.165, 1.54) is 10.6 Å². The zero-order valence-corrected chi connectivity index (χ0v) is 14.4. The molecule has 0 radical (unpaired) electrons. The molecule has 1 heterocycles. The summed E-state index contributed by atoms with van der Waals surface area (Å²) in [5.41, 5.74) is 1.24. The molecule has 2 aromatic carbocycles. The molecular formula is C20H19N3O3. The topological polar surface area (TPSA) is 73.1 Å². The molecular weight excluding hydrogens is 330 g/mol. The van der Waals surface area contributed by atoms with Crippen molar-refractivity contribution in [3.05, 3.63) is 87.6 Å². The molecule has 1 N–H and O–H groups in total. The molecule has 26 heavy (non-hydrogen) atoms. The van der Waals surface area contributed by atoms with Crippen LogP contribution < -0.4 is 16.6 Å². The molecule has 0 unspecified atom stereocenters. The maximum absolute atomic E-state index is 12.7. The Kier molecular flexibility index (Phi) is 4.84. The molecule has 0 spiro atoms. The highest BCUT2D eigenvalue weighted by atomic mass is 16.2. The Morgan fingerprint density at radius 3 is 2.46 bits per heavy atom. The first-order chi connectivity index (χ1) is 12.5. The van der Waals surface area contributed by atoms with Crippen LogP contribution in [0.2, 0.25) is 0 Å². The quantitative estimate of drug-likeness (QED) is 0.718. The van der Waals surface area contributed by atoms with E-state index in [-0.39, 0.29) is 24.6 Å². The molecule has 0 saturated carbocycles. The van der Waals surface area contributed by atoms with Crippen LogP contribution in [0.4, 0.5) is 5.69 Å². The minimum Gasteiger partial charge on any atom is -0.325 e. The molecule has 6 heteroatoms. The van der Waals surface area contributed by atoms with Gasteiger partial charge in [0, 0.05) is 12.2 Å². The third-order valence-corrected chi connectivity index (χ3v) is 4.08. The van der Waals surface area contributed by atoms with Crippen LogP contribution in [0.5, 0.6) is 0 Å². The first-order valence-corrected chi connectivity index (χ1v) is 8.21. The molecule has 0 aliphatic rings. The molecule has 0 aliphatic heterocycles. The average Bonchev–Trinajstić information content (AvgIpc) is 2.64. The molecule has 0 aliphatic carbocycles. The summed E-state index contributed by atoms with van der Waals surface area (Å²) in [6.45, 7) is 5.44. The molecule has 0 saturated heterocycles. The lowest BCUT2D eigenvalue weighted by Gasteiger charge is -2.13. The number of anilines is 1. The summed E-state index contributed by atoms with van der Waals surface area (Å²) in [6, 6.07) is 14.1. The second-order valence-corrected chi connectivity index (χ2v) is 6.00. The van der Waals surface area contributed by atoms with E-state index in [1.807, 2.05) is 19.1 Å². The molecule has 1 aromatic heterocycles. The summed E-state index contributed by atoms with van der Waals surface area (Å²) in [4.78, 5) is 37.7. The van der Waals surface area contributed by atoms with Crippen LogP contribution in [0, 0.1) is 6.92 Å². The average molecular weight is 349 g/mol. The zero-order valence-electron chi connectivity index (χ0n) is 14.4. The predicted octanol–water partition coefficient (Wildman–Crippen LogP) is 2.30. The van der Waals surface area contributed by atoms with Crippen molar-refractivity contribution in [3.63, 3.8) is 0 Å². The minimum atomic E-state index is -0.535. The lowest BCUT2D eigenvalue weighted by Crippen LogP contribution is -2.41. The van der Waals surface area contributed by atoms with Crippen molar-refractivity contribution in [2.75, 3.05) is 5.32 Å². The van der Waals surface area contributed by atoms with Crippen molar-refractivity contribution in [1.29, 1.82) is 0 Å². The van der Waals surface area contributed by atoms with Crippen molar-refractivity contribution < 1.29 is 4.79 Å². The number of fused-ring (bicyclic) bond motifs is 1. The number of carbonyl (C=O) groups is 1. The van der Waals surface area contributed by atoms with Gasteiger partial charge >= 0.3 is 5.69 Å². The number of para-hydroxylation sites is 1. The number of hydrogen-bond acceptors (Lipinski definition) is 3. The molecule has 0 fully saturated rings. The summed E-state index contributed by atoms with van der Waals surface area (Å²) in [5.74, 6) is -0.343. The Bertz CT molecular complexity index is 1090. The van der Waals surface area contributed by atoms with Gasteiger partial charge < -0.3 is 5.32 Å². The van der Waals surface area contributed by atoms with Crippen LogP contribution in [0.3, 0.4) is 0 Å². The van der Waals surface area contributed by atoms with Gasteiger partial charge in [-0.15, -0.1) is 6.58 Å². The van der Waals surface area contributed by atoms with Gasteiger partial charge in [-0.05, 0) is 31.2 Å². The third-order valence-electron chi connectivity index (χ3n) is 4.08. The van der Waals surface area contributed by atoms with Gasteiger partial charge in [0.15, 0.2) is 0 Å². The zero-order chi connectivity index (χ0) is 18.7. The molecule has 6 nitrogen and oxygen atoms in total. The third kappa shape index (κ3) is 3.35. The fraction of sp³-hybridized carbons (Fsp3) is 0.150. The van der Waals surface area contributed by atoms with Crippen LogP contribution in [-0.2, 0) is 17.9 Å². The van der Waals surface area contributed by atoms with Gasteiger partial charge in [0.05, 0.1) is 10.9 Å². The highest BCUT2D eigenvalue weighted by Gasteiger charge is 2.14. The number of nitrogens with zero attached hydrogens (tertiary/aromatic N) is 2. The second-order valence-electron chi connectivity index (χ2n) is 6.00. The van der Waals surface area contributed by atoms with Gasteiger partial charge in [0.1, 0.15) is 6.54 Å². The van der Waals surface area contributed by atoms with Crippen LogP contribution in [0.1, 0.15) is 5.56 Å². The summed E-state index contributed by atoms with van der Waals surface area (Å²) in [7, 11) is 0. The highest BCUT2D eigenvalue weighted by Crippen LogP contribution is 2.10. The maximum Gasteiger partial charge on any atom is 0.332 e. The van der Waals surface area contributed by atoms with Crippen molar-refractivity contribution >= 4 is 22.5 Å². The minimum absolute atomic E-state index is 0.0854. The van der Waals surface area contributed by atoms with Gasteiger partial charge in [0.25, 0.3) is 5.56 Å². The Morgan fingerprint density at radius 1 is 1.08 bits per heavy atom. The van der Waals surface area contributed by atoms with Crippen molar-refractivity contribution in [2.24, 2.45) is 0 Å². The van der Waals surface area contributed by atoms with Crippen molar-refractivity contribution in [1.82, 2.24) is 9.13 Å². The first-order valence-electron chi connectivity index (χ1n) is 8.21. The Morgan fingerprint density at radius 2 is 1.77 bits per heavy atom. The number of aromatic nitrogens is 2. The van der Waals surface area contributed by atoms with Gasteiger partial charge in [0.2, 0.25) is 5.91 Å². The summed E-state index contributed by atoms with van der Waals surface area (Å²) in [5, 5.41) is 3.16. The number of carbonyl (C=O) groups excluding carboxylic acids is 1. The summed E-state index contributed by atoms with van der Waals surface area (Å²) in [6.07, 6.45) is 1.48. The SMILES string of the molecule is C=CCn1c(=O)c2ccccc2n(CC(=O)Nc2ccc(C)cc2)c1=O. The van der Waals surface area contributed by atoms with E-state index in [1.54, 1.807) is 36.4 Å². The monoisotopic (exact) mass is 349 g/mol. The number of rotatable bonds is 5. The van der Waals surface area contributed by atoms with E-state index in [9.17, 15) is 14.4 Å². The van der Waals surface area contributed by atoms with E-state index in [4.69, 9.17) is 0 Å². The molecule has 132 valence electrons. The highest BCUT2D eigenvalue weighted by molar-refractivity contribution is 5.91. The van der Waals surface area contributed by atoms with Gasteiger partial charge in [-0.1, -0.05) is 35.9 Å². The number of hydrogen-bond donors (Lipinski definition) is 1. The number of aryl methyl sites for hydroxylation is 1. The molecule has 3 rings (SSSR count). The van der Waals surface area contributed by atoms with Gasteiger partial charge in [-0.2, -0.15) is 0 Å². The standard InChI is InChI=1S/C20H19N3O3/c1-3-12-22-19(25)16-6-4-5-7-17(16)23(20(22)26)13-18(24)21-15-10-8-14(2)9-11-15/h3-11H,1,12-13H2,2H3,(H,21,24). The lowest BCUT2D eigenvalue weighted by atomic mass is 10.2. The normalized spacial score (nSPS) is 10.7. The van der Waals surface area contributed by atoms with E-state index < -0.39 is 5.69 Å². The fourth-order valence-electron chi connectivity index (χ4n) is 2.79. The number of allylic oxidation sites excluding steroid dienone is 1. The smallest absolute Gasteiger partial charge is 0.325 e. The van der Waals surface area contributed by atoms with E-state index in [2.05, 4.69) is 11.9 Å². The molecule has 1 amide bonds. The summed E-state index contributed by atoms with van der Waals surface area (Å²) < 4.78 is 2.39. The number of nitrogens with one attached hydrogen (secondary N) is 1. The Balaban J connectivity index is 2.02. The van der Waals surface area contributed by atoms with Crippen LogP contribution >= 0.6 is 0 Å².